The van der Waals surface area contributed by atoms with Crippen molar-refractivity contribution in [3.05, 3.63) is 12.2 Å². The molecule has 0 saturated carbocycles. The van der Waals surface area contributed by atoms with Gasteiger partial charge in [-0.3, -0.25) is 9.36 Å². The number of ether oxygens (including phenoxy) is 1. The maximum atomic E-state index is 12.0. The molecular formula is C11H22NO5P. The molecule has 0 unspecified atom stereocenters. The first kappa shape index (κ1) is 17.3. The molecule has 6 nitrogen and oxygen atoms in total. The van der Waals surface area contributed by atoms with E-state index >= 15 is 0 Å². The molecule has 0 rings (SSSR count). The number of nitrogens with one attached hydrogen (secondary N) is 1. The smallest absolute Gasteiger partial charge is 0.334 e. The minimum absolute atomic E-state index is 0.148. The normalized spacial score (nSPS) is 11.9. The molecule has 18 heavy (non-hydrogen) atoms. The number of carbonyl (C=O) groups is 1. The summed E-state index contributed by atoms with van der Waals surface area (Å²) in [5, 5.41) is 2.85. The maximum Gasteiger partial charge on any atom is 0.334 e. The molecule has 0 aromatic heterocycles. The Hall–Kier alpha value is -0.680. The Kier molecular flexibility index (Phi) is 9.87. The van der Waals surface area contributed by atoms with Crippen LogP contribution >= 0.6 is 7.60 Å². The number of hydrogen-bond acceptors (Lipinski definition) is 6. The topological polar surface area (TPSA) is 73.9 Å². The second kappa shape index (κ2) is 10.3. The van der Waals surface area contributed by atoms with Crippen molar-refractivity contribution < 1.29 is 23.1 Å². The quantitative estimate of drug-likeness (QED) is 0.283. The van der Waals surface area contributed by atoms with Gasteiger partial charge in [-0.25, -0.2) is 0 Å². The number of esters is 1. The summed E-state index contributed by atoms with van der Waals surface area (Å²) in [5.41, 5.74) is 0. The van der Waals surface area contributed by atoms with Gasteiger partial charge in [0, 0.05) is 6.54 Å². The Morgan fingerprint density at radius 3 is 2.33 bits per heavy atom. The Morgan fingerprint density at radius 1 is 1.22 bits per heavy atom. The Labute approximate surface area is 108 Å². The summed E-state index contributed by atoms with van der Waals surface area (Å²) >= 11 is 0. The van der Waals surface area contributed by atoms with Crippen LogP contribution in [0.5, 0.6) is 0 Å². The van der Waals surface area contributed by atoms with Crippen molar-refractivity contribution in [1.82, 2.24) is 5.32 Å². The fraction of sp³-hybridized carbons (Fsp3) is 0.727. The van der Waals surface area contributed by atoms with Crippen LogP contribution in [0.1, 0.15) is 13.8 Å². The van der Waals surface area contributed by atoms with E-state index in [1.54, 1.807) is 26.0 Å². The highest BCUT2D eigenvalue weighted by Gasteiger charge is 2.20. The number of hydrogen-bond donors (Lipinski definition) is 1. The highest BCUT2D eigenvalue weighted by Crippen LogP contribution is 2.47. The van der Waals surface area contributed by atoms with E-state index < -0.39 is 7.60 Å². The summed E-state index contributed by atoms with van der Waals surface area (Å²) in [4.78, 5) is 10.8. The summed E-state index contributed by atoms with van der Waals surface area (Å²) in [6, 6.07) is 0. The van der Waals surface area contributed by atoms with Crippen LogP contribution in [-0.4, -0.2) is 45.5 Å². The van der Waals surface area contributed by atoms with E-state index in [1.165, 1.54) is 7.11 Å². The number of methoxy groups -OCH3 is 1. The largest absolute Gasteiger partial charge is 0.468 e. The predicted molar refractivity (Wildman–Crippen MR) is 69.8 cm³/mol. The zero-order valence-electron chi connectivity index (χ0n) is 11.2. The van der Waals surface area contributed by atoms with E-state index in [-0.39, 0.29) is 18.7 Å². The van der Waals surface area contributed by atoms with Crippen molar-refractivity contribution in [3.8, 4) is 0 Å². The summed E-state index contributed by atoms with van der Waals surface area (Å²) < 4.78 is 26.7. The van der Waals surface area contributed by atoms with Crippen LogP contribution in [0.3, 0.4) is 0 Å². The van der Waals surface area contributed by atoms with Crippen molar-refractivity contribution in [3.63, 3.8) is 0 Å². The fourth-order valence-corrected chi connectivity index (χ4v) is 2.63. The summed E-state index contributed by atoms with van der Waals surface area (Å²) in [7, 11) is -1.67. The third-order valence-electron chi connectivity index (χ3n) is 1.91. The van der Waals surface area contributed by atoms with Gasteiger partial charge in [0.15, 0.2) is 0 Å². The van der Waals surface area contributed by atoms with Crippen LogP contribution in [0.4, 0.5) is 0 Å². The average molecular weight is 279 g/mol. The van der Waals surface area contributed by atoms with Gasteiger partial charge in [0.25, 0.3) is 0 Å². The van der Waals surface area contributed by atoms with Crippen LogP contribution < -0.4 is 5.32 Å². The van der Waals surface area contributed by atoms with Gasteiger partial charge in [0.1, 0.15) is 0 Å². The lowest BCUT2D eigenvalue weighted by Crippen LogP contribution is -2.23. The summed E-state index contributed by atoms with van der Waals surface area (Å²) in [5.74, 6) is -0.322. The molecule has 1 N–H and O–H groups in total. The zero-order chi connectivity index (χ0) is 13.9. The number of allylic oxidation sites excluding steroid dienone is 1. The molecule has 0 spiro atoms. The average Bonchev–Trinajstić information content (AvgIpc) is 2.33. The van der Waals surface area contributed by atoms with E-state index in [4.69, 9.17) is 9.05 Å². The first-order valence-electron chi connectivity index (χ1n) is 5.88. The van der Waals surface area contributed by atoms with Crippen LogP contribution in [0.15, 0.2) is 12.2 Å². The minimum Gasteiger partial charge on any atom is -0.468 e. The van der Waals surface area contributed by atoms with Crippen molar-refractivity contribution in [2.24, 2.45) is 0 Å². The van der Waals surface area contributed by atoms with E-state index in [9.17, 15) is 9.36 Å². The van der Waals surface area contributed by atoms with Gasteiger partial charge in [-0.2, -0.15) is 0 Å². The van der Waals surface area contributed by atoms with Gasteiger partial charge in [-0.15, -0.1) is 0 Å². The van der Waals surface area contributed by atoms with E-state index in [2.05, 4.69) is 10.1 Å². The summed E-state index contributed by atoms with van der Waals surface area (Å²) in [6.07, 6.45) is 3.72. The Balaban J connectivity index is 3.90. The highest BCUT2D eigenvalue weighted by atomic mass is 31.2. The lowest BCUT2D eigenvalue weighted by atomic mass is 10.5. The lowest BCUT2D eigenvalue weighted by Gasteiger charge is -2.14. The van der Waals surface area contributed by atoms with Crippen molar-refractivity contribution in [1.29, 1.82) is 0 Å². The van der Waals surface area contributed by atoms with Gasteiger partial charge in [0.2, 0.25) is 0 Å². The molecule has 0 aliphatic carbocycles. The Morgan fingerprint density at radius 2 is 1.83 bits per heavy atom. The number of rotatable bonds is 10. The van der Waals surface area contributed by atoms with Crippen LogP contribution in [0, 0.1) is 0 Å². The molecule has 0 heterocycles. The van der Waals surface area contributed by atoms with Crippen LogP contribution in [-0.2, 0) is 23.1 Å². The monoisotopic (exact) mass is 279 g/mol. The van der Waals surface area contributed by atoms with Crippen LogP contribution in [0.2, 0.25) is 0 Å². The van der Waals surface area contributed by atoms with E-state index in [0.29, 0.717) is 19.8 Å². The fourth-order valence-electron chi connectivity index (χ4n) is 1.15. The summed E-state index contributed by atoms with van der Waals surface area (Å²) in [6.45, 7) is 4.89. The Bertz CT molecular complexity index is 296. The lowest BCUT2D eigenvalue weighted by molar-refractivity contribution is -0.139. The maximum absolute atomic E-state index is 12.0. The third kappa shape index (κ3) is 8.42. The molecule has 0 saturated heterocycles. The first-order valence-corrected chi connectivity index (χ1v) is 7.61. The molecular weight excluding hydrogens is 257 g/mol. The first-order chi connectivity index (χ1) is 8.58. The van der Waals surface area contributed by atoms with E-state index in [0.717, 1.165) is 0 Å². The molecule has 0 fully saturated rings. The molecule has 0 aromatic carbocycles. The molecule has 0 aliphatic heterocycles. The van der Waals surface area contributed by atoms with Gasteiger partial charge < -0.3 is 19.1 Å². The van der Waals surface area contributed by atoms with Gasteiger partial charge in [0.05, 0.1) is 33.0 Å². The molecule has 0 aromatic rings. The molecule has 0 bridgehead atoms. The second-order valence-electron chi connectivity index (χ2n) is 3.31. The SMILES string of the molecule is CCOP(=O)(C/C=C/CNCC(=O)OC)OCC. The number of carbonyl (C=O) groups excluding carboxylic acids is 1. The molecule has 7 heteroatoms. The van der Waals surface area contributed by atoms with Crippen molar-refractivity contribution in [2.75, 3.05) is 39.6 Å². The predicted octanol–water partition coefficient (Wildman–Crippen LogP) is 1.57. The minimum atomic E-state index is -3.00. The molecule has 0 amide bonds. The standard InChI is InChI=1S/C11H22NO5P/c1-4-16-18(14,17-5-2)9-7-6-8-12-10-11(13)15-3/h6-7,12H,4-5,8-10H2,1-3H3/b7-6+. The van der Waals surface area contributed by atoms with Gasteiger partial charge in [-0.1, -0.05) is 12.2 Å². The molecule has 0 aliphatic rings. The van der Waals surface area contributed by atoms with Crippen molar-refractivity contribution in [2.45, 2.75) is 13.8 Å². The van der Waals surface area contributed by atoms with Gasteiger partial charge >= 0.3 is 13.6 Å². The third-order valence-corrected chi connectivity index (χ3v) is 3.87. The van der Waals surface area contributed by atoms with Gasteiger partial charge in [-0.05, 0) is 13.8 Å². The molecule has 106 valence electrons. The van der Waals surface area contributed by atoms with Crippen LogP contribution in [0.25, 0.3) is 0 Å². The zero-order valence-corrected chi connectivity index (χ0v) is 12.1. The molecule has 0 atom stereocenters. The second-order valence-corrected chi connectivity index (χ2v) is 5.41. The highest BCUT2D eigenvalue weighted by molar-refractivity contribution is 7.54. The van der Waals surface area contributed by atoms with Crippen molar-refractivity contribution >= 4 is 13.6 Å². The molecule has 0 radical (unpaired) electrons. The van der Waals surface area contributed by atoms with E-state index in [1.807, 2.05) is 0 Å².